The highest BCUT2D eigenvalue weighted by Gasteiger charge is 2.04. The molecular formula is C9H15N3O2S. The fourth-order valence-corrected chi connectivity index (χ4v) is 1.54. The van der Waals surface area contributed by atoms with Crippen LogP contribution in [0.25, 0.3) is 0 Å². The van der Waals surface area contributed by atoms with Crippen LogP contribution in [0.15, 0.2) is 24.3 Å². The molecule has 0 aliphatic carbocycles. The number of rotatable bonds is 5. The van der Waals surface area contributed by atoms with Gasteiger partial charge in [-0.25, -0.2) is 4.72 Å². The molecule has 0 unspecified atom stereocenters. The highest BCUT2D eigenvalue weighted by atomic mass is 32.2. The molecule has 0 bridgehead atoms. The summed E-state index contributed by atoms with van der Waals surface area (Å²) in [6, 6.07) is 7.45. The maximum atomic E-state index is 11.1. The molecule has 0 spiro atoms. The zero-order valence-corrected chi connectivity index (χ0v) is 9.34. The van der Waals surface area contributed by atoms with Gasteiger partial charge in [0.05, 0.1) is 0 Å². The second kappa shape index (κ2) is 5.22. The number of hydrogen-bond donors (Lipinski definition) is 3. The van der Waals surface area contributed by atoms with Crippen molar-refractivity contribution in [3.05, 3.63) is 35.4 Å². The van der Waals surface area contributed by atoms with E-state index in [-0.39, 0.29) is 6.54 Å². The number of nitrogens with two attached hydrogens (primary N) is 1. The molecule has 1 aromatic rings. The van der Waals surface area contributed by atoms with Crippen molar-refractivity contribution in [2.75, 3.05) is 7.05 Å². The molecule has 0 heterocycles. The van der Waals surface area contributed by atoms with Gasteiger partial charge in [0, 0.05) is 20.1 Å². The van der Waals surface area contributed by atoms with Crippen molar-refractivity contribution in [2.24, 2.45) is 5.73 Å². The molecule has 0 fully saturated rings. The summed E-state index contributed by atoms with van der Waals surface area (Å²) in [5, 5.41) is 0. The molecule has 15 heavy (non-hydrogen) atoms. The Morgan fingerprint density at radius 2 is 1.73 bits per heavy atom. The van der Waals surface area contributed by atoms with Gasteiger partial charge in [-0.3, -0.25) is 0 Å². The molecule has 0 saturated heterocycles. The molecule has 0 saturated carbocycles. The minimum absolute atomic E-state index is 0.272. The smallest absolute Gasteiger partial charge is 0.276 e. The molecule has 84 valence electrons. The van der Waals surface area contributed by atoms with E-state index in [1.165, 1.54) is 7.05 Å². The first-order valence-corrected chi connectivity index (χ1v) is 6.02. The maximum Gasteiger partial charge on any atom is 0.276 e. The monoisotopic (exact) mass is 229 g/mol. The standard InChI is InChI=1S/C9H15N3O2S/c1-11-15(13,14)12-7-9-4-2-8(6-10)3-5-9/h2-5,11-12H,6-7,10H2,1H3. The van der Waals surface area contributed by atoms with Gasteiger partial charge >= 0.3 is 0 Å². The quantitative estimate of drug-likeness (QED) is 0.648. The molecule has 1 rings (SSSR count). The van der Waals surface area contributed by atoms with E-state index in [2.05, 4.69) is 9.44 Å². The lowest BCUT2D eigenvalue weighted by Crippen LogP contribution is -2.33. The zero-order chi connectivity index (χ0) is 11.3. The van der Waals surface area contributed by atoms with Crippen LogP contribution >= 0.6 is 0 Å². The third kappa shape index (κ3) is 3.96. The molecule has 0 aliphatic rings. The van der Waals surface area contributed by atoms with Crippen LogP contribution in [0.2, 0.25) is 0 Å². The predicted molar refractivity (Wildman–Crippen MR) is 59.2 cm³/mol. The lowest BCUT2D eigenvalue weighted by Gasteiger charge is -2.05. The lowest BCUT2D eigenvalue weighted by atomic mass is 10.1. The minimum atomic E-state index is -3.36. The van der Waals surface area contributed by atoms with Gasteiger partial charge in [0.2, 0.25) is 0 Å². The van der Waals surface area contributed by atoms with Crippen molar-refractivity contribution >= 4 is 10.2 Å². The lowest BCUT2D eigenvalue weighted by molar-refractivity contribution is 0.573. The summed E-state index contributed by atoms with van der Waals surface area (Å²) in [6.07, 6.45) is 0. The van der Waals surface area contributed by atoms with Gasteiger partial charge in [0.25, 0.3) is 10.2 Å². The molecule has 0 radical (unpaired) electrons. The Labute approximate surface area is 89.9 Å². The summed E-state index contributed by atoms with van der Waals surface area (Å²) < 4.78 is 26.7. The molecule has 0 atom stereocenters. The number of benzene rings is 1. The van der Waals surface area contributed by atoms with E-state index < -0.39 is 10.2 Å². The van der Waals surface area contributed by atoms with Crippen molar-refractivity contribution < 1.29 is 8.42 Å². The van der Waals surface area contributed by atoms with Crippen molar-refractivity contribution in [3.63, 3.8) is 0 Å². The van der Waals surface area contributed by atoms with Gasteiger partial charge in [0.15, 0.2) is 0 Å². The second-order valence-electron chi connectivity index (χ2n) is 3.05. The molecule has 5 nitrogen and oxygen atoms in total. The van der Waals surface area contributed by atoms with Crippen molar-refractivity contribution in [3.8, 4) is 0 Å². The summed E-state index contributed by atoms with van der Waals surface area (Å²) >= 11 is 0. The van der Waals surface area contributed by atoms with Gasteiger partial charge in [0.1, 0.15) is 0 Å². The van der Waals surface area contributed by atoms with E-state index in [1.807, 2.05) is 24.3 Å². The van der Waals surface area contributed by atoms with E-state index in [0.717, 1.165) is 11.1 Å². The van der Waals surface area contributed by atoms with Crippen molar-refractivity contribution in [1.82, 2.24) is 9.44 Å². The van der Waals surface area contributed by atoms with E-state index in [1.54, 1.807) is 0 Å². The summed E-state index contributed by atoms with van der Waals surface area (Å²) in [4.78, 5) is 0. The molecule has 0 aliphatic heterocycles. The Morgan fingerprint density at radius 3 is 2.20 bits per heavy atom. The number of hydrogen-bond acceptors (Lipinski definition) is 3. The average Bonchev–Trinajstić information content (AvgIpc) is 2.27. The first kappa shape index (κ1) is 12.1. The van der Waals surface area contributed by atoms with Gasteiger partial charge in [-0.05, 0) is 11.1 Å². The molecule has 0 amide bonds. The average molecular weight is 229 g/mol. The van der Waals surface area contributed by atoms with E-state index in [9.17, 15) is 8.42 Å². The van der Waals surface area contributed by atoms with Crippen LogP contribution in [0.5, 0.6) is 0 Å². The van der Waals surface area contributed by atoms with Crippen LogP contribution in [-0.4, -0.2) is 15.5 Å². The van der Waals surface area contributed by atoms with Gasteiger partial charge in [-0.15, -0.1) is 0 Å². The summed E-state index contributed by atoms with van der Waals surface area (Å²) in [5.41, 5.74) is 7.36. The highest BCUT2D eigenvalue weighted by molar-refractivity contribution is 7.87. The van der Waals surface area contributed by atoms with Gasteiger partial charge in [-0.1, -0.05) is 24.3 Å². The van der Waals surface area contributed by atoms with Crippen LogP contribution in [0, 0.1) is 0 Å². The molecule has 4 N–H and O–H groups in total. The Kier molecular flexibility index (Phi) is 4.22. The van der Waals surface area contributed by atoms with Crippen LogP contribution in [0.4, 0.5) is 0 Å². The third-order valence-corrected chi connectivity index (χ3v) is 3.06. The van der Waals surface area contributed by atoms with Crippen LogP contribution in [-0.2, 0) is 23.3 Å². The van der Waals surface area contributed by atoms with Gasteiger partial charge in [-0.2, -0.15) is 13.1 Å². The van der Waals surface area contributed by atoms with Crippen LogP contribution in [0.3, 0.4) is 0 Å². The van der Waals surface area contributed by atoms with E-state index >= 15 is 0 Å². The first-order valence-electron chi connectivity index (χ1n) is 4.53. The Bertz CT molecular complexity index is 400. The normalized spacial score (nSPS) is 11.6. The molecular weight excluding hydrogens is 214 g/mol. The second-order valence-corrected chi connectivity index (χ2v) is 4.75. The first-order chi connectivity index (χ1) is 7.07. The predicted octanol–water partition coefficient (Wildman–Crippen LogP) is -0.301. The Morgan fingerprint density at radius 1 is 1.20 bits per heavy atom. The van der Waals surface area contributed by atoms with Crippen molar-refractivity contribution in [1.29, 1.82) is 0 Å². The summed E-state index contributed by atoms with van der Waals surface area (Å²) in [7, 11) is -2.00. The Hall–Kier alpha value is -0.950. The van der Waals surface area contributed by atoms with Gasteiger partial charge < -0.3 is 5.73 Å². The fraction of sp³-hybridized carbons (Fsp3) is 0.333. The largest absolute Gasteiger partial charge is 0.326 e. The highest BCUT2D eigenvalue weighted by Crippen LogP contribution is 2.03. The fourth-order valence-electron chi connectivity index (χ4n) is 1.04. The number of nitrogens with one attached hydrogen (secondary N) is 2. The maximum absolute atomic E-state index is 11.1. The molecule has 6 heteroatoms. The van der Waals surface area contributed by atoms with Crippen molar-refractivity contribution in [2.45, 2.75) is 13.1 Å². The SMILES string of the molecule is CNS(=O)(=O)NCc1ccc(CN)cc1. The summed E-state index contributed by atoms with van der Waals surface area (Å²) in [6.45, 7) is 0.760. The Balaban J connectivity index is 2.59. The topological polar surface area (TPSA) is 84.2 Å². The third-order valence-electron chi connectivity index (χ3n) is 1.99. The zero-order valence-electron chi connectivity index (χ0n) is 8.53. The van der Waals surface area contributed by atoms with E-state index in [0.29, 0.717) is 6.54 Å². The van der Waals surface area contributed by atoms with Crippen LogP contribution < -0.4 is 15.2 Å². The minimum Gasteiger partial charge on any atom is -0.326 e. The summed E-state index contributed by atoms with van der Waals surface area (Å²) in [5.74, 6) is 0. The van der Waals surface area contributed by atoms with E-state index in [4.69, 9.17) is 5.73 Å². The van der Waals surface area contributed by atoms with Crippen LogP contribution in [0.1, 0.15) is 11.1 Å². The molecule has 1 aromatic carbocycles. The molecule has 0 aromatic heterocycles.